The molecule has 110 valence electrons. The molecule has 1 aliphatic heterocycles. The number of nitrogens with zero attached hydrogens (tertiary/aromatic N) is 1. The molecule has 2 rings (SSSR count). The van der Waals surface area contributed by atoms with E-state index in [9.17, 15) is 4.79 Å². The second-order valence-electron chi connectivity index (χ2n) is 5.63. The summed E-state index contributed by atoms with van der Waals surface area (Å²) in [7, 11) is 0. The number of likely N-dealkylation sites (tertiary alicyclic amines) is 1. The lowest BCUT2D eigenvalue weighted by Gasteiger charge is -2.40. The van der Waals surface area contributed by atoms with E-state index in [1.807, 2.05) is 6.07 Å². The van der Waals surface area contributed by atoms with Crippen LogP contribution in [0.15, 0.2) is 30.3 Å². The zero-order valence-corrected chi connectivity index (χ0v) is 12.3. The molecule has 1 aromatic carbocycles. The molecule has 0 atom stereocenters. The molecule has 1 saturated heterocycles. The van der Waals surface area contributed by atoms with Crippen molar-refractivity contribution in [2.75, 3.05) is 19.6 Å². The second-order valence-corrected chi connectivity index (χ2v) is 5.63. The van der Waals surface area contributed by atoms with Crippen LogP contribution in [0.1, 0.15) is 31.7 Å². The maximum absolute atomic E-state index is 11.8. The van der Waals surface area contributed by atoms with Gasteiger partial charge in [0, 0.05) is 19.6 Å². The van der Waals surface area contributed by atoms with E-state index in [1.54, 1.807) is 0 Å². The van der Waals surface area contributed by atoms with Gasteiger partial charge in [-0.05, 0) is 31.4 Å². The minimum absolute atomic E-state index is 0.203. The van der Waals surface area contributed by atoms with Gasteiger partial charge in [0.15, 0.2) is 0 Å². The standard InChI is InChI=1S/C16H25N3O/c1-2-10-18-16(15(17)20)8-11-19(12-9-16)13-14-6-4-3-5-7-14/h3-7,18H,2,8-13H2,1H3,(H2,17,20). The summed E-state index contributed by atoms with van der Waals surface area (Å²) < 4.78 is 0. The number of piperidine rings is 1. The van der Waals surface area contributed by atoms with Crippen molar-refractivity contribution in [3.63, 3.8) is 0 Å². The van der Waals surface area contributed by atoms with Crippen molar-refractivity contribution >= 4 is 5.91 Å². The fraction of sp³-hybridized carbons (Fsp3) is 0.562. The topological polar surface area (TPSA) is 58.4 Å². The Morgan fingerprint density at radius 2 is 1.95 bits per heavy atom. The molecule has 0 aliphatic carbocycles. The molecule has 0 bridgehead atoms. The van der Waals surface area contributed by atoms with Crippen LogP contribution in [0.25, 0.3) is 0 Å². The summed E-state index contributed by atoms with van der Waals surface area (Å²) in [6.45, 7) is 5.72. The largest absolute Gasteiger partial charge is 0.368 e. The fourth-order valence-electron chi connectivity index (χ4n) is 2.81. The summed E-state index contributed by atoms with van der Waals surface area (Å²) in [6.07, 6.45) is 2.62. The Morgan fingerprint density at radius 1 is 1.30 bits per heavy atom. The van der Waals surface area contributed by atoms with Gasteiger partial charge in [0.05, 0.1) is 0 Å². The zero-order valence-electron chi connectivity index (χ0n) is 12.3. The number of hydrogen-bond donors (Lipinski definition) is 2. The summed E-state index contributed by atoms with van der Waals surface area (Å²) in [4.78, 5) is 14.2. The van der Waals surface area contributed by atoms with E-state index >= 15 is 0 Å². The molecule has 4 nitrogen and oxygen atoms in total. The maximum Gasteiger partial charge on any atom is 0.237 e. The van der Waals surface area contributed by atoms with E-state index in [4.69, 9.17) is 5.73 Å². The summed E-state index contributed by atoms with van der Waals surface area (Å²) in [6, 6.07) is 10.5. The number of amides is 1. The lowest BCUT2D eigenvalue weighted by molar-refractivity contribution is -0.126. The van der Waals surface area contributed by atoms with Crippen LogP contribution < -0.4 is 11.1 Å². The monoisotopic (exact) mass is 275 g/mol. The predicted octanol–water partition coefficient (Wildman–Crippen LogP) is 1.51. The molecule has 1 aromatic rings. The van der Waals surface area contributed by atoms with Crippen LogP contribution in [-0.4, -0.2) is 36.0 Å². The average Bonchev–Trinajstić information content (AvgIpc) is 2.47. The predicted molar refractivity (Wildman–Crippen MR) is 81.2 cm³/mol. The van der Waals surface area contributed by atoms with Crippen LogP contribution in [0.4, 0.5) is 0 Å². The van der Waals surface area contributed by atoms with Crippen LogP contribution in [0.2, 0.25) is 0 Å². The molecule has 4 heteroatoms. The van der Waals surface area contributed by atoms with E-state index in [0.717, 1.165) is 45.4 Å². The highest BCUT2D eigenvalue weighted by Crippen LogP contribution is 2.23. The van der Waals surface area contributed by atoms with Gasteiger partial charge in [-0.25, -0.2) is 0 Å². The molecule has 0 aromatic heterocycles. The molecule has 0 spiro atoms. The number of nitrogens with two attached hydrogens (primary N) is 1. The lowest BCUT2D eigenvalue weighted by Crippen LogP contribution is -2.60. The van der Waals surface area contributed by atoms with Crippen molar-refractivity contribution in [1.29, 1.82) is 0 Å². The van der Waals surface area contributed by atoms with Gasteiger partial charge >= 0.3 is 0 Å². The summed E-state index contributed by atoms with van der Waals surface area (Å²) in [5, 5.41) is 3.37. The quantitative estimate of drug-likeness (QED) is 0.827. The van der Waals surface area contributed by atoms with Crippen LogP contribution >= 0.6 is 0 Å². The van der Waals surface area contributed by atoms with Crippen molar-refractivity contribution in [1.82, 2.24) is 10.2 Å². The van der Waals surface area contributed by atoms with E-state index in [2.05, 4.69) is 41.4 Å². The average molecular weight is 275 g/mol. The highest BCUT2D eigenvalue weighted by atomic mass is 16.1. The van der Waals surface area contributed by atoms with Gasteiger partial charge < -0.3 is 11.1 Å². The molecular weight excluding hydrogens is 250 g/mol. The van der Waals surface area contributed by atoms with Gasteiger partial charge in [0.1, 0.15) is 5.54 Å². The number of hydrogen-bond acceptors (Lipinski definition) is 3. The first-order valence-corrected chi connectivity index (χ1v) is 7.47. The molecule has 1 heterocycles. The molecule has 0 saturated carbocycles. The summed E-state index contributed by atoms with van der Waals surface area (Å²) in [5.41, 5.74) is 6.44. The van der Waals surface area contributed by atoms with Crippen molar-refractivity contribution in [2.45, 2.75) is 38.3 Å². The van der Waals surface area contributed by atoms with Crippen LogP contribution in [-0.2, 0) is 11.3 Å². The molecule has 0 radical (unpaired) electrons. The molecule has 1 fully saturated rings. The summed E-state index contributed by atoms with van der Waals surface area (Å²) >= 11 is 0. The Kier molecular flexibility index (Phi) is 5.15. The smallest absolute Gasteiger partial charge is 0.237 e. The van der Waals surface area contributed by atoms with E-state index in [1.165, 1.54) is 5.56 Å². The first-order valence-electron chi connectivity index (χ1n) is 7.47. The van der Waals surface area contributed by atoms with Gasteiger partial charge in [-0.15, -0.1) is 0 Å². The highest BCUT2D eigenvalue weighted by molar-refractivity contribution is 5.84. The Bertz CT molecular complexity index is 425. The van der Waals surface area contributed by atoms with Crippen LogP contribution in [0.5, 0.6) is 0 Å². The number of benzene rings is 1. The maximum atomic E-state index is 11.8. The second kappa shape index (κ2) is 6.86. The van der Waals surface area contributed by atoms with E-state index < -0.39 is 5.54 Å². The first-order chi connectivity index (χ1) is 9.66. The Morgan fingerprint density at radius 3 is 2.50 bits per heavy atom. The van der Waals surface area contributed by atoms with Crippen molar-refractivity contribution in [3.05, 3.63) is 35.9 Å². The number of rotatable bonds is 6. The summed E-state index contributed by atoms with van der Waals surface area (Å²) in [5.74, 6) is -0.203. The molecule has 1 amide bonds. The lowest BCUT2D eigenvalue weighted by atomic mass is 9.86. The third-order valence-electron chi connectivity index (χ3n) is 4.14. The van der Waals surface area contributed by atoms with Gasteiger partial charge in [-0.3, -0.25) is 9.69 Å². The molecule has 0 unspecified atom stereocenters. The van der Waals surface area contributed by atoms with Gasteiger partial charge in [0.25, 0.3) is 0 Å². The SMILES string of the molecule is CCCNC1(C(N)=O)CCN(Cc2ccccc2)CC1. The van der Waals surface area contributed by atoms with Gasteiger partial charge in [-0.2, -0.15) is 0 Å². The third-order valence-corrected chi connectivity index (χ3v) is 4.14. The molecule has 1 aliphatic rings. The van der Waals surface area contributed by atoms with E-state index in [0.29, 0.717) is 0 Å². The Labute approximate surface area is 121 Å². The minimum Gasteiger partial charge on any atom is -0.368 e. The van der Waals surface area contributed by atoms with Crippen LogP contribution in [0.3, 0.4) is 0 Å². The third kappa shape index (κ3) is 3.58. The highest BCUT2D eigenvalue weighted by Gasteiger charge is 2.39. The van der Waals surface area contributed by atoms with Gasteiger partial charge in [-0.1, -0.05) is 37.3 Å². The van der Waals surface area contributed by atoms with Crippen molar-refractivity contribution in [3.8, 4) is 0 Å². The number of primary amides is 1. The molecular formula is C16H25N3O. The molecule has 3 N–H and O–H groups in total. The first kappa shape index (κ1) is 15.0. The fourth-order valence-corrected chi connectivity index (χ4v) is 2.81. The van der Waals surface area contributed by atoms with E-state index in [-0.39, 0.29) is 5.91 Å². The minimum atomic E-state index is -0.497. The van der Waals surface area contributed by atoms with Crippen molar-refractivity contribution in [2.24, 2.45) is 5.73 Å². The number of carbonyl (C=O) groups excluding carboxylic acids is 1. The molecule has 20 heavy (non-hydrogen) atoms. The Hall–Kier alpha value is -1.39. The Balaban J connectivity index is 1.91. The zero-order chi connectivity index (χ0) is 14.4. The van der Waals surface area contributed by atoms with Crippen molar-refractivity contribution < 1.29 is 4.79 Å². The number of nitrogens with one attached hydrogen (secondary N) is 1. The van der Waals surface area contributed by atoms with Gasteiger partial charge in [0.2, 0.25) is 5.91 Å². The number of carbonyl (C=O) groups is 1. The van der Waals surface area contributed by atoms with Crippen LogP contribution in [0, 0.1) is 0 Å². The normalized spacial score (nSPS) is 18.9.